The highest BCUT2D eigenvalue weighted by Gasteiger charge is 2.09. The molecule has 0 aliphatic rings. The van der Waals surface area contributed by atoms with Crippen molar-refractivity contribution in [3.63, 3.8) is 0 Å². The fourth-order valence-electron chi connectivity index (χ4n) is 1.57. The van der Waals surface area contributed by atoms with Crippen molar-refractivity contribution in [2.45, 2.75) is 25.8 Å². The average molecular weight is 236 g/mol. The summed E-state index contributed by atoms with van der Waals surface area (Å²) in [4.78, 5) is 11.2. The minimum atomic E-state index is -0.185. The molecule has 1 rings (SSSR count). The Labute approximate surface area is 102 Å². The predicted octanol–water partition coefficient (Wildman–Crippen LogP) is 2.07. The van der Waals surface area contributed by atoms with Gasteiger partial charge in [-0.3, -0.25) is 4.79 Å². The van der Waals surface area contributed by atoms with Gasteiger partial charge in [0.05, 0.1) is 6.61 Å². The third kappa shape index (κ3) is 4.44. The lowest BCUT2D eigenvalue weighted by molar-refractivity contribution is -0.143. The number of hydrogen-bond acceptors (Lipinski definition) is 4. The van der Waals surface area contributed by atoms with Gasteiger partial charge in [0, 0.05) is 25.2 Å². The number of esters is 1. The van der Waals surface area contributed by atoms with Gasteiger partial charge in [-0.2, -0.15) is 0 Å². The van der Waals surface area contributed by atoms with Gasteiger partial charge in [0.15, 0.2) is 0 Å². The first-order valence-corrected chi connectivity index (χ1v) is 5.86. The maximum atomic E-state index is 11.2. The third-order valence-electron chi connectivity index (χ3n) is 2.59. The van der Waals surface area contributed by atoms with Gasteiger partial charge < -0.3 is 15.8 Å². The van der Waals surface area contributed by atoms with E-state index in [0.717, 1.165) is 11.3 Å². The molecule has 0 heterocycles. The van der Waals surface area contributed by atoms with Gasteiger partial charge in [0.2, 0.25) is 0 Å². The Morgan fingerprint density at radius 3 is 2.59 bits per heavy atom. The van der Waals surface area contributed by atoms with Crippen molar-refractivity contribution >= 4 is 11.7 Å². The van der Waals surface area contributed by atoms with Gasteiger partial charge in [-0.15, -0.1) is 0 Å². The van der Waals surface area contributed by atoms with Gasteiger partial charge in [0.1, 0.15) is 0 Å². The summed E-state index contributed by atoms with van der Waals surface area (Å²) in [6, 6.07) is 7.77. The van der Waals surface area contributed by atoms with Crippen molar-refractivity contribution in [1.82, 2.24) is 0 Å². The number of rotatable bonds is 6. The highest BCUT2D eigenvalue weighted by Crippen LogP contribution is 2.18. The Morgan fingerprint density at radius 1 is 1.41 bits per heavy atom. The molecule has 94 valence electrons. The predicted molar refractivity (Wildman–Crippen MR) is 68.8 cm³/mol. The van der Waals surface area contributed by atoms with Crippen LogP contribution in [0, 0.1) is 0 Å². The quantitative estimate of drug-likeness (QED) is 0.742. The van der Waals surface area contributed by atoms with E-state index in [4.69, 9.17) is 10.5 Å². The lowest BCUT2D eigenvalue weighted by Crippen LogP contribution is -2.13. The van der Waals surface area contributed by atoms with E-state index in [1.165, 1.54) is 0 Å². The SMILES string of the molecule is CCOC(=O)CCC(N)c1ccc(NC)cc1. The summed E-state index contributed by atoms with van der Waals surface area (Å²) in [5, 5.41) is 3.05. The van der Waals surface area contributed by atoms with Crippen LogP contribution >= 0.6 is 0 Å². The zero-order valence-electron chi connectivity index (χ0n) is 10.4. The lowest BCUT2D eigenvalue weighted by atomic mass is 10.0. The van der Waals surface area contributed by atoms with Gasteiger partial charge >= 0.3 is 5.97 Å². The minimum absolute atomic E-state index is 0.120. The molecule has 0 saturated heterocycles. The average Bonchev–Trinajstić information content (AvgIpc) is 2.36. The molecule has 0 aliphatic carbocycles. The number of ether oxygens (including phenoxy) is 1. The number of anilines is 1. The van der Waals surface area contributed by atoms with Crippen LogP contribution in [0.2, 0.25) is 0 Å². The molecule has 3 N–H and O–H groups in total. The second kappa shape index (κ2) is 6.91. The number of nitrogens with two attached hydrogens (primary N) is 1. The Bertz CT molecular complexity index is 349. The fraction of sp³-hybridized carbons (Fsp3) is 0.462. The smallest absolute Gasteiger partial charge is 0.305 e. The van der Waals surface area contributed by atoms with Gasteiger partial charge in [-0.05, 0) is 31.0 Å². The van der Waals surface area contributed by atoms with Crippen LogP contribution in [0.15, 0.2) is 24.3 Å². The van der Waals surface area contributed by atoms with Gasteiger partial charge in [-0.25, -0.2) is 0 Å². The molecule has 0 amide bonds. The molecule has 17 heavy (non-hydrogen) atoms. The number of carbonyl (C=O) groups is 1. The summed E-state index contributed by atoms with van der Waals surface area (Å²) in [6.45, 7) is 2.22. The molecule has 0 saturated carbocycles. The van der Waals surface area contributed by atoms with Gasteiger partial charge in [-0.1, -0.05) is 12.1 Å². The van der Waals surface area contributed by atoms with E-state index in [2.05, 4.69) is 5.32 Å². The Balaban J connectivity index is 2.46. The van der Waals surface area contributed by atoms with Gasteiger partial charge in [0.25, 0.3) is 0 Å². The van der Waals surface area contributed by atoms with E-state index in [0.29, 0.717) is 19.4 Å². The molecule has 0 aliphatic heterocycles. The van der Waals surface area contributed by atoms with Crippen molar-refractivity contribution in [1.29, 1.82) is 0 Å². The van der Waals surface area contributed by atoms with Crippen molar-refractivity contribution in [2.24, 2.45) is 5.73 Å². The summed E-state index contributed by atoms with van der Waals surface area (Å²) in [5.41, 5.74) is 8.09. The first-order chi connectivity index (χ1) is 8.17. The van der Waals surface area contributed by atoms with Crippen molar-refractivity contribution in [2.75, 3.05) is 19.0 Å². The Kier molecular flexibility index (Phi) is 5.49. The molecule has 0 aromatic heterocycles. The van der Waals surface area contributed by atoms with Crippen LogP contribution in [-0.4, -0.2) is 19.6 Å². The highest BCUT2D eigenvalue weighted by atomic mass is 16.5. The van der Waals surface area contributed by atoms with E-state index in [1.807, 2.05) is 31.3 Å². The van der Waals surface area contributed by atoms with E-state index in [9.17, 15) is 4.79 Å². The molecule has 1 atom stereocenters. The van der Waals surface area contributed by atoms with E-state index < -0.39 is 0 Å². The Morgan fingerprint density at radius 2 is 2.06 bits per heavy atom. The van der Waals surface area contributed by atoms with Crippen molar-refractivity contribution < 1.29 is 9.53 Å². The summed E-state index contributed by atoms with van der Waals surface area (Å²) < 4.78 is 4.86. The molecule has 0 spiro atoms. The first-order valence-electron chi connectivity index (χ1n) is 5.86. The van der Waals surface area contributed by atoms with Crippen LogP contribution in [0.5, 0.6) is 0 Å². The molecule has 1 aromatic rings. The maximum Gasteiger partial charge on any atom is 0.305 e. The minimum Gasteiger partial charge on any atom is -0.466 e. The molecule has 0 bridgehead atoms. The standard InChI is InChI=1S/C13H20N2O2/c1-3-17-13(16)9-8-12(14)10-4-6-11(15-2)7-5-10/h4-7,12,15H,3,8-9,14H2,1-2H3. The molecule has 1 unspecified atom stereocenters. The molecular weight excluding hydrogens is 216 g/mol. The van der Waals surface area contributed by atoms with Crippen LogP contribution in [0.3, 0.4) is 0 Å². The summed E-state index contributed by atoms with van der Waals surface area (Å²) in [6.07, 6.45) is 0.973. The molecule has 0 fully saturated rings. The maximum absolute atomic E-state index is 11.2. The van der Waals surface area contributed by atoms with Crippen LogP contribution in [0.25, 0.3) is 0 Å². The van der Waals surface area contributed by atoms with Crippen LogP contribution in [-0.2, 0) is 9.53 Å². The second-order valence-corrected chi connectivity index (χ2v) is 3.82. The topological polar surface area (TPSA) is 64.3 Å². The van der Waals surface area contributed by atoms with Crippen molar-refractivity contribution in [3.05, 3.63) is 29.8 Å². The van der Waals surface area contributed by atoms with Crippen LogP contribution in [0.4, 0.5) is 5.69 Å². The first kappa shape index (κ1) is 13.5. The molecule has 4 nitrogen and oxygen atoms in total. The number of hydrogen-bond donors (Lipinski definition) is 2. The summed E-state index contributed by atoms with van der Waals surface area (Å²) >= 11 is 0. The lowest BCUT2D eigenvalue weighted by Gasteiger charge is -2.12. The van der Waals surface area contributed by atoms with Crippen LogP contribution in [0.1, 0.15) is 31.4 Å². The number of carbonyl (C=O) groups excluding carboxylic acids is 1. The van der Waals surface area contributed by atoms with E-state index in [-0.39, 0.29) is 12.0 Å². The largest absolute Gasteiger partial charge is 0.466 e. The Hall–Kier alpha value is -1.55. The molecule has 1 aromatic carbocycles. The normalized spacial score (nSPS) is 11.9. The zero-order valence-corrected chi connectivity index (χ0v) is 10.4. The summed E-state index contributed by atoms with van der Waals surface area (Å²) in [5.74, 6) is -0.185. The van der Waals surface area contributed by atoms with Crippen LogP contribution < -0.4 is 11.1 Å². The fourth-order valence-corrected chi connectivity index (χ4v) is 1.57. The third-order valence-corrected chi connectivity index (χ3v) is 2.59. The number of benzene rings is 1. The van der Waals surface area contributed by atoms with E-state index >= 15 is 0 Å². The molecular formula is C13H20N2O2. The highest BCUT2D eigenvalue weighted by molar-refractivity contribution is 5.69. The molecule has 4 heteroatoms. The van der Waals surface area contributed by atoms with E-state index in [1.54, 1.807) is 6.92 Å². The number of nitrogens with one attached hydrogen (secondary N) is 1. The zero-order chi connectivity index (χ0) is 12.7. The molecule has 0 radical (unpaired) electrons. The monoisotopic (exact) mass is 236 g/mol. The summed E-state index contributed by atoms with van der Waals surface area (Å²) in [7, 11) is 1.87. The second-order valence-electron chi connectivity index (χ2n) is 3.82. The van der Waals surface area contributed by atoms with Crippen molar-refractivity contribution in [3.8, 4) is 0 Å².